The lowest BCUT2D eigenvalue weighted by atomic mass is 9.99. The van der Waals surface area contributed by atoms with Crippen LogP contribution >= 0.6 is 0 Å². The lowest BCUT2D eigenvalue weighted by molar-refractivity contribution is 0.768. The Labute approximate surface area is 168 Å². The average molecular weight is 365 g/mol. The average Bonchev–Trinajstić information content (AvgIpc) is 2.57. The molecule has 0 saturated carbocycles. The van der Waals surface area contributed by atoms with E-state index >= 15 is 0 Å². The topological polar surface area (TPSA) is 0 Å². The molecule has 0 heteroatoms. The van der Waals surface area contributed by atoms with Gasteiger partial charge in [0.15, 0.2) is 0 Å². The van der Waals surface area contributed by atoms with Gasteiger partial charge < -0.3 is 0 Å². The number of hydrogen-bond acceptors (Lipinski definition) is 0. The van der Waals surface area contributed by atoms with E-state index in [9.17, 15) is 0 Å². The van der Waals surface area contributed by atoms with Crippen molar-refractivity contribution in [3.63, 3.8) is 0 Å². The van der Waals surface area contributed by atoms with Crippen molar-refractivity contribution in [2.24, 2.45) is 5.92 Å². The van der Waals surface area contributed by atoms with Crippen LogP contribution in [0.15, 0.2) is 79.0 Å². The number of allylic oxidation sites excluding steroid dienone is 7. The SMILES string of the molecule is C.C=C/C=C(/C)C(=C)/C=C(\C)C(C)C.C=C/C=c1/c(C(C)C)cccc1=C. The molecule has 1 aromatic rings. The molecule has 0 aliphatic carbocycles. The van der Waals surface area contributed by atoms with Gasteiger partial charge in [-0.15, -0.1) is 0 Å². The highest BCUT2D eigenvalue weighted by Gasteiger charge is 1.99. The third-order valence-electron chi connectivity index (χ3n) is 4.32. The van der Waals surface area contributed by atoms with E-state index in [1.807, 2.05) is 31.2 Å². The first-order valence-corrected chi connectivity index (χ1v) is 9.23. The smallest absolute Gasteiger partial charge is 0.0155 e. The zero-order valence-electron chi connectivity index (χ0n) is 17.6. The molecule has 0 spiro atoms. The Morgan fingerprint density at radius 2 is 1.59 bits per heavy atom. The van der Waals surface area contributed by atoms with E-state index in [4.69, 9.17) is 0 Å². The van der Waals surface area contributed by atoms with Gasteiger partial charge in [0, 0.05) is 0 Å². The standard InChI is InChI=1S/C13H16.C13H20.CH4/c1-5-7-13-11(4)8-6-9-12(13)10(2)3;1-7-8-11(4)13(6)9-12(5)10(2)3;/h5-10H,1,4H2,2-3H3;7-10H,1,6H2,2-5H3;1H4/b13-7+;11-8-,12-9+;. The van der Waals surface area contributed by atoms with E-state index in [0.29, 0.717) is 11.8 Å². The van der Waals surface area contributed by atoms with Crippen LogP contribution < -0.4 is 10.4 Å². The third kappa shape index (κ3) is 9.80. The van der Waals surface area contributed by atoms with Crippen LogP contribution in [0, 0.1) is 5.92 Å². The lowest BCUT2D eigenvalue weighted by Gasteiger charge is -2.06. The highest BCUT2D eigenvalue weighted by molar-refractivity contribution is 5.41. The van der Waals surface area contributed by atoms with Crippen molar-refractivity contribution in [3.8, 4) is 0 Å². The first-order chi connectivity index (χ1) is 12.1. The highest BCUT2D eigenvalue weighted by atomic mass is 14.0. The second kappa shape index (κ2) is 13.8. The summed E-state index contributed by atoms with van der Waals surface area (Å²) in [6.07, 6.45) is 9.75. The van der Waals surface area contributed by atoms with Gasteiger partial charge in [-0.05, 0) is 52.8 Å². The summed E-state index contributed by atoms with van der Waals surface area (Å²) in [6.45, 7) is 28.3. The van der Waals surface area contributed by atoms with Gasteiger partial charge in [-0.3, -0.25) is 0 Å². The van der Waals surface area contributed by atoms with Crippen LogP contribution in [0.4, 0.5) is 0 Å². The molecule has 0 unspecified atom stereocenters. The van der Waals surface area contributed by atoms with Gasteiger partial charge in [0.2, 0.25) is 0 Å². The molecular weight excluding hydrogens is 324 g/mol. The first-order valence-electron chi connectivity index (χ1n) is 9.23. The van der Waals surface area contributed by atoms with Crippen molar-refractivity contribution in [2.45, 2.75) is 54.9 Å². The third-order valence-corrected chi connectivity index (χ3v) is 4.32. The zero-order chi connectivity index (χ0) is 20.3. The van der Waals surface area contributed by atoms with Crippen LogP contribution in [0.5, 0.6) is 0 Å². The Balaban J connectivity index is 0. The molecule has 0 nitrogen and oxygen atoms in total. The summed E-state index contributed by atoms with van der Waals surface area (Å²) in [5, 5.41) is 2.29. The van der Waals surface area contributed by atoms with E-state index < -0.39 is 0 Å². The first kappa shape index (κ1) is 26.9. The maximum atomic E-state index is 4.00. The second-order valence-corrected chi connectivity index (χ2v) is 7.13. The van der Waals surface area contributed by atoms with Crippen LogP contribution in [0.1, 0.15) is 60.5 Å². The molecule has 0 aromatic heterocycles. The minimum Gasteiger partial charge on any atom is -0.0991 e. The van der Waals surface area contributed by atoms with E-state index in [2.05, 4.69) is 79.1 Å². The van der Waals surface area contributed by atoms with Crippen LogP contribution in [-0.2, 0) is 0 Å². The monoisotopic (exact) mass is 364 g/mol. The molecule has 0 aliphatic rings. The summed E-state index contributed by atoms with van der Waals surface area (Å²) in [6, 6.07) is 6.23. The highest BCUT2D eigenvalue weighted by Crippen LogP contribution is 2.15. The molecule has 0 N–H and O–H groups in total. The Morgan fingerprint density at radius 3 is 2.04 bits per heavy atom. The molecule has 0 heterocycles. The molecule has 0 bridgehead atoms. The largest absolute Gasteiger partial charge is 0.0991 e. The van der Waals surface area contributed by atoms with Crippen LogP contribution in [0.25, 0.3) is 12.7 Å². The molecule has 148 valence electrons. The fourth-order valence-electron chi connectivity index (χ4n) is 2.30. The molecule has 0 fully saturated rings. The van der Waals surface area contributed by atoms with Crippen molar-refractivity contribution < 1.29 is 0 Å². The van der Waals surface area contributed by atoms with E-state index in [-0.39, 0.29) is 7.43 Å². The fourth-order valence-corrected chi connectivity index (χ4v) is 2.30. The Morgan fingerprint density at radius 1 is 1.00 bits per heavy atom. The van der Waals surface area contributed by atoms with Crippen molar-refractivity contribution in [1.29, 1.82) is 0 Å². The zero-order valence-corrected chi connectivity index (χ0v) is 17.6. The van der Waals surface area contributed by atoms with Crippen LogP contribution in [-0.4, -0.2) is 0 Å². The van der Waals surface area contributed by atoms with Gasteiger partial charge in [-0.1, -0.05) is 116 Å². The van der Waals surface area contributed by atoms with Gasteiger partial charge in [0.25, 0.3) is 0 Å². The lowest BCUT2D eigenvalue weighted by Crippen LogP contribution is -2.27. The number of benzene rings is 1. The normalized spacial score (nSPS) is 12.2. The molecule has 0 radical (unpaired) electrons. The van der Waals surface area contributed by atoms with Gasteiger partial charge in [-0.2, -0.15) is 0 Å². The maximum absolute atomic E-state index is 4.00. The molecule has 0 saturated heterocycles. The molecule has 27 heavy (non-hydrogen) atoms. The Hall–Kier alpha value is -2.34. The summed E-state index contributed by atoms with van der Waals surface area (Å²) < 4.78 is 0. The Bertz CT molecular complexity index is 780. The molecule has 0 atom stereocenters. The summed E-state index contributed by atoms with van der Waals surface area (Å²) in [5.41, 5.74) is 4.95. The van der Waals surface area contributed by atoms with Gasteiger partial charge in [0.1, 0.15) is 0 Å². The quantitative estimate of drug-likeness (QED) is 0.472. The summed E-state index contributed by atoms with van der Waals surface area (Å²) in [5.74, 6) is 1.13. The van der Waals surface area contributed by atoms with Crippen molar-refractivity contribution >= 4 is 12.7 Å². The van der Waals surface area contributed by atoms with Crippen LogP contribution in [0.3, 0.4) is 0 Å². The van der Waals surface area contributed by atoms with Crippen molar-refractivity contribution in [3.05, 3.63) is 95.0 Å². The predicted molar refractivity (Wildman–Crippen MR) is 128 cm³/mol. The Kier molecular flexibility index (Phi) is 13.8. The number of hydrogen-bond donors (Lipinski definition) is 0. The summed E-state index contributed by atoms with van der Waals surface area (Å²) >= 11 is 0. The van der Waals surface area contributed by atoms with Crippen molar-refractivity contribution in [2.75, 3.05) is 0 Å². The molecule has 1 aromatic carbocycles. The van der Waals surface area contributed by atoms with E-state index in [1.54, 1.807) is 6.08 Å². The van der Waals surface area contributed by atoms with E-state index in [0.717, 1.165) is 10.8 Å². The molecule has 0 aliphatic heterocycles. The summed E-state index contributed by atoms with van der Waals surface area (Å²) in [4.78, 5) is 0. The molecule has 0 amide bonds. The van der Waals surface area contributed by atoms with Crippen LogP contribution in [0.2, 0.25) is 0 Å². The van der Waals surface area contributed by atoms with Gasteiger partial charge in [-0.25, -0.2) is 0 Å². The van der Waals surface area contributed by atoms with E-state index in [1.165, 1.54) is 21.9 Å². The van der Waals surface area contributed by atoms with Gasteiger partial charge in [0.05, 0.1) is 0 Å². The number of rotatable bonds is 6. The minimum absolute atomic E-state index is 0. The minimum atomic E-state index is 0. The second-order valence-electron chi connectivity index (χ2n) is 7.13. The summed E-state index contributed by atoms with van der Waals surface area (Å²) in [7, 11) is 0. The van der Waals surface area contributed by atoms with Crippen molar-refractivity contribution in [1.82, 2.24) is 0 Å². The molecular formula is C27H40. The molecule has 1 rings (SSSR count). The maximum Gasteiger partial charge on any atom is -0.0155 e. The fraction of sp³-hybridized carbons (Fsp3) is 0.333. The predicted octanol–water partition coefficient (Wildman–Crippen LogP) is 7.10. The van der Waals surface area contributed by atoms with Gasteiger partial charge >= 0.3 is 0 Å².